The average molecular weight is 365 g/mol. The smallest absolute Gasteiger partial charge is 0.231 e. The molecule has 1 atom stereocenters. The summed E-state index contributed by atoms with van der Waals surface area (Å²) in [5.41, 5.74) is 2.16. The Bertz CT molecular complexity index is 878. The standard InChI is InChI=1S/C21H19NO3S/c23-20(11-9-15-8-10-17-18(13-15)25-14-24-17)22-21(19-7-4-12-26-19)16-5-2-1-3-6-16/h1-8,10,12-13,21H,9,11,14H2,(H,22,23). The first-order valence-corrected chi connectivity index (χ1v) is 9.44. The molecule has 132 valence electrons. The monoisotopic (exact) mass is 365 g/mol. The highest BCUT2D eigenvalue weighted by Gasteiger charge is 2.18. The molecule has 0 bridgehead atoms. The highest BCUT2D eigenvalue weighted by atomic mass is 32.1. The highest BCUT2D eigenvalue weighted by molar-refractivity contribution is 7.10. The number of rotatable bonds is 6. The minimum atomic E-state index is -0.111. The van der Waals surface area contributed by atoms with Crippen LogP contribution >= 0.6 is 11.3 Å². The number of hydrogen-bond acceptors (Lipinski definition) is 4. The van der Waals surface area contributed by atoms with Crippen LogP contribution in [0.2, 0.25) is 0 Å². The van der Waals surface area contributed by atoms with E-state index >= 15 is 0 Å². The zero-order valence-corrected chi connectivity index (χ0v) is 15.0. The van der Waals surface area contributed by atoms with Crippen molar-refractivity contribution in [3.05, 3.63) is 82.0 Å². The zero-order valence-electron chi connectivity index (χ0n) is 14.2. The lowest BCUT2D eigenvalue weighted by Crippen LogP contribution is -2.28. The number of carbonyl (C=O) groups is 1. The predicted molar refractivity (Wildman–Crippen MR) is 102 cm³/mol. The molecule has 2 heterocycles. The van der Waals surface area contributed by atoms with Crippen molar-refractivity contribution in [1.29, 1.82) is 0 Å². The molecule has 4 nitrogen and oxygen atoms in total. The van der Waals surface area contributed by atoms with Crippen LogP contribution in [-0.2, 0) is 11.2 Å². The van der Waals surface area contributed by atoms with Crippen LogP contribution in [0.4, 0.5) is 0 Å². The Balaban J connectivity index is 1.42. The first-order valence-electron chi connectivity index (χ1n) is 8.56. The van der Waals surface area contributed by atoms with Crippen LogP contribution in [0.25, 0.3) is 0 Å². The van der Waals surface area contributed by atoms with Gasteiger partial charge in [0.2, 0.25) is 12.7 Å². The molecule has 1 amide bonds. The highest BCUT2D eigenvalue weighted by Crippen LogP contribution is 2.33. The van der Waals surface area contributed by atoms with Gasteiger partial charge in [-0.3, -0.25) is 4.79 Å². The Labute approximate surface area is 156 Å². The Hall–Kier alpha value is -2.79. The Morgan fingerprint density at radius 1 is 1.04 bits per heavy atom. The van der Waals surface area contributed by atoms with Crippen molar-refractivity contribution in [3.8, 4) is 11.5 Å². The summed E-state index contributed by atoms with van der Waals surface area (Å²) in [4.78, 5) is 13.7. The van der Waals surface area contributed by atoms with Gasteiger partial charge in [-0.2, -0.15) is 0 Å². The molecule has 0 radical (unpaired) electrons. The van der Waals surface area contributed by atoms with Gasteiger partial charge in [0.15, 0.2) is 11.5 Å². The number of aryl methyl sites for hydroxylation is 1. The molecule has 0 spiro atoms. The maximum atomic E-state index is 12.6. The van der Waals surface area contributed by atoms with Gasteiger partial charge in [-0.15, -0.1) is 11.3 Å². The van der Waals surface area contributed by atoms with Crippen LogP contribution in [0.15, 0.2) is 66.0 Å². The van der Waals surface area contributed by atoms with E-state index in [-0.39, 0.29) is 18.7 Å². The van der Waals surface area contributed by atoms with E-state index in [2.05, 4.69) is 11.4 Å². The Morgan fingerprint density at radius 3 is 2.69 bits per heavy atom. The minimum absolute atomic E-state index is 0.0323. The Morgan fingerprint density at radius 2 is 1.88 bits per heavy atom. The summed E-state index contributed by atoms with van der Waals surface area (Å²) < 4.78 is 10.7. The fourth-order valence-electron chi connectivity index (χ4n) is 3.01. The second-order valence-corrected chi connectivity index (χ2v) is 7.09. The lowest BCUT2D eigenvalue weighted by Gasteiger charge is -2.18. The van der Waals surface area contributed by atoms with Gasteiger partial charge < -0.3 is 14.8 Å². The van der Waals surface area contributed by atoms with Gasteiger partial charge >= 0.3 is 0 Å². The molecule has 3 aromatic rings. The number of ether oxygens (including phenoxy) is 2. The predicted octanol–water partition coefficient (Wildman–Crippen LogP) is 4.32. The summed E-state index contributed by atoms with van der Waals surface area (Å²) in [7, 11) is 0. The normalized spacial score (nSPS) is 13.4. The van der Waals surface area contributed by atoms with Crippen molar-refractivity contribution < 1.29 is 14.3 Å². The van der Waals surface area contributed by atoms with E-state index in [1.54, 1.807) is 11.3 Å². The summed E-state index contributed by atoms with van der Waals surface area (Å²) in [5, 5.41) is 5.21. The van der Waals surface area contributed by atoms with Gasteiger partial charge in [0.25, 0.3) is 0 Å². The van der Waals surface area contributed by atoms with Gasteiger partial charge in [-0.1, -0.05) is 42.5 Å². The van der Waals surface area contributed by atoms with Crippen LogP contribution in [0.5, 0.6) is 11.5 Å². The van der Waals surface area contributed by atoms with Crippen LogP contribution in [-0.4, -0.2) is 12.7 Å². The van der Waals surface area contributed by atoms with E-state index < -0.39 is 0 Å². The molecule has 0 aliphatic carbocycles. The molecule has 0 saturated heterocycles. The first-order chi connectivity index (χ1) is 12.8. The molecule has 5 heteroatoms. The Kier molecular flexibility index (Phi) is 4.88. The van der Waals surface area contributed by atoms with Gasteiger partial charge in [-0.05, 0) is 41.1 Å². The number of benzene rings is 2. The first kappa shape index (κ1) is 16.7. The number of nitrogens with one attached hydrogen (secondary N) is 1. The van der Waals surface area contributed by atoms with E-state index in [4.69, 9.17) is 9.47 Å². The summed E-state index contributed by atoms with van der Waals surface area (Å²) >= 11 is 1.65. The lowest BCUT2D eigenvalue weighted by molar-refractivity contribution is -0.121. The maximum absolute atomic E-state index is 12.6. The van der Waals surface area contributed by atoms with Gasteiger partial charge in [0, 0.05) is 11.3 Å². The zero-order chi connectivity index (χ0) is 17.8. The number of amides is 1. The van der Waals surface area contributed by atoms with Crippen molar-refractivity contribution in [1.82, 2.24) is 5.32 Å². The van der Waals surface area contributed by atoms with Crippen molar-refractivity contribution in [2.45, 2.75) is 18.9 Å². The van der Waals surface area contributed by atoms with E-state index in [9.17, 15) is 4.79 Å². The number of hydrogen-bond donors (Lipinski definition) is 1. The summed E-state index contributed by atoms with van der Waals surface area (Å²) in [5.74, 6) is 1.55. The van der Waals surface area contributed by atoms with E-state index in [0.717, 1.165) is 27.5 Å². The quantitative estimate of drug-likeness (QED) is 0.708. The van der Waals surface area contributed by atoms with Crippen LogP contribution < -0.4 is 14.8 Å². The molecule has 1 aliphatic heterocycles. The largest absolute Gasteiger partial charge is 0.454 e. The maximum Gasteiger partial charge on any atom is 0.231 e. The SMILES string of the molecule is O=C(CCc1ccc2c(c1)OCO2)NC(c1ccccc1)c1cccs1. The van der Waals surface area contributed by atoms with Crippen LogP contribution in [0.3, 0.4) is 0 Å². The fraction of sp³-hybridized carbons (Fsp3) is 0.190. The minimum Gasteiger partial charge on any atom is -0.454 e. The van der Waals surface area contributed by atoms with Crippen molar-refractivity contribution in [2.75, 3.05) is 6.79 Å². The fourth-order valence-corrected chi connectivity index (χ4v) is 3.81. The van der Waals surface area contributed by atoms with Crippen molar-refractivity contribution in [3.63, 3.8) is 0 Å². The van der Waals surface area contributed by atoms with Gasteiger partial charge in [0.1, 0.15) is 0 Å². The molecule has 1 N–H and O–H groups in total. The summed E-state index contributed by atoms with van der Waals surface area (Å²) in [6, 6.07) is 19.8. The van der Waals surface area contributed by atoms with E-state index in [0.29, 0.717) is 12.8 Å². The van der Waals surface area contributed by atoms with Crippen LogP contribution in [0.1, 0.15) is 28.5 Å². The molecular formula is C21H19NO3S. The van der Waals surface area contributed by atoms with E-state index in [1.165, 1.54) is 0 Å². The molecule has 1 aliphatic rings. The molecule has 4 rings (SSSR count). The van der Waals surface area contributed by atoms with Crippen molar-refractivity contribution >= 4 is 17.2 Å². The number of carbonyl (C=O) groups excluding carboxylic acids is 1. The molecule has 0 saturated carbocycles. The number of fused-ring (bicyclic) bond motifs is 1. The second kappa shape index (κ2) is 7.62. The molecule has 0 fully saturated rings. The van der Waals surface area contributed by atoms with Crippen molar-refractivity contribution in [2.24, 2.45) is 0 Å². The van der Waals surface area contributed by atoms with Gasteiger partial charge in [0.05, 0.1) is 6.04 Å². The molecule has 26 heavy (non-hydrogen) atoms. The average Bonchev–Trinajstić information content (AvgIpc) is 3.36. The molecular weight excluding hydrogens is 346 g/mol. The topological polar surface area (TPSA) is 47.6 Å². The molecule has 1 aromatic heterocycles. The lowest BCUT2D eigenvalue weighted by atomic mass is 10.0. The van der Waals surface area contributed by atoms with E-state index in [1.807, 2.05) is 60.0 Å². The second-order valence-electron chi connectivity index (χ2n) is 6.11. The van der Waals surface area contributed by atoms with Crippen LogP contribution in [0, 0.1) is 0 Å². The summed E-state index contributed by atoms with van der Waals surface area (Å²) in [6.45, 7) is 0.263. The number of thiophene rings is 1. The molecule has 1 unspecified atom stereocenters. The third-order valence-corrected chi connectivity index (χ3v) is 5.28. The third kappa shape index (κ3) is 3.73. The van der Waals surface area contributed by atoms with Gasteiger partial charge in [-0.25, -0.2) is 0 Å². The summed E-state index contributed by atoms with van der Waals surface area (Å²) in [6.07, 6.45) is 1.09. The molecule has 2 aromatic carbocycles. The third-order valence-electron chi connectivity index (χ3n) is 4.34.